The highest BCUT2D eigenvalue weighted by molar-refractivity contribution is 6.22. The van der Waals surface area contributed by atoms with E-state index in [9.17, 15) is 19.2 Å². The molecule has 2 aliphatic rings. The average molecular weight is 494 g/mol. The number of carbonyl (C=O) groups excluding carboxylic acids is 4. The number of likely N-dealkylation sites (tertiary alicyclic amines) is 1. The molecule has 0 radical (unpaired) electrons. The topological polar surface area (TPSA) is 105 Å². The number of methoxy groups -OCH3 is 2. The van der Waals surface area contributed by atoms with Crippen LogP contribution in [0.3, 0.4) is 0 Å². The van der Waals surface area contributed by atoms with E-state index < -0.39 is 0 Å². The first kappa shape index (κ1) is 25.2. The molecule has 4 rings (SSSR count). The second-order valence-electron chi connectivity index (χ2n) is 9.35. The standard InChI is InChI=1S/C27H31N3O6/c1-16(2)30-26(33)20-7-5-19(13-21(20)27(30)34)25(32)29-11-9-17(10-12-29)15-28-24(31)18-6-8-22(35-3)23(14-18)36-4/h5-8,13-14,16-17H,9-12,15H2,1-4H3,(H,28,31). The highest BCUT2D eigenvalue weighted by Crippen LogP contribution is 2.28. The maximum Gasteiger partial charge on any atom is 0.261 e. The summed E-state index contributed by atoms with van der Waals surface area (Å²) < 4.78 is 10.5. The highest BCUT2D eigenvalue weighted by atomic mass is 16.5. The smallest absolute Gasteiger partial charge is 0.261 e. The molecule has 1 N–H and O–H groups in total. The fraction of sp³-hybridized carbons (Fsp3) is 0.407. The molecule has 0 bridgehead atoms. The molecule has 2 aliphatic heterocycles. The SMILES string of the molecule is COc1ccc(C(=O)NCC2CCN(C(=O)c3ccc4c(c3)C(=O)N(C(C)C)C4=O)CC2)cc1OC. The van der Waals surface area contributed by atoms with Gasteiger partial charge in [-0.15, -0.1) is 0 Å². The number of imide groups is 1. The van der Waals surface area contributed by atoms with Crippen molar-refractivity contribution >= 4 is 23.6 Å². The number of carbonyl (C=O) groups is 4. The molecule has 0 aromatic heterocycles. The molecule has 190 valence electrons. The molecule has 0 atom stereocenters. The molecule has 2 heterocycles. The summed E-state index contributed by atoms with van der Waals surface area (Å²) in [6, 6.07) is 9.50. The number of amides is 4. The highest BCUT2D eigenvalue weighted by Gasteiger charge is 2.38. The van der Waals surface area contributed by atoms with Crippen LogP contribution >= 0.6 is 0 Å². The van der Waals surface area contributed by atoms with Crippen molar-refractivity contribution < 1.29 is 28.7 Å². The number of hydrogen-bond acceptors (Lipinski definition) is 6. The number of rotatable bonds is 7. The van der Waals surface area contributed by atoms with Crippen molar-refractivity contribution in [3.63, 3.8) is 0 Å². The van der Waals surface area contributed by atoms with Crippen LogP contribution in [-0.2, 0) is 0 Å². The van der Waals surface area contributed by atoms with Crippen molar-refractivity contribution in [3.05, 3.63) is 58.7 Å². The number of ether oxygens (including phenoxy) is 2. The second kappa shape index (κ2) is 10.4. The third kappa shape index (κ3) is 4.78. The molecular formula is C27H31N3O6. The Morgan fingerprint density at radius 2 is 1.56 bits per heavy atom. The van der Waals surface area contributed by atoms with Crippen LogP contribution in [0.15, 0.2) is 36.4 Å². The van der Waals surface area contributed by atoms with E-state index >= 15 is 0 Å². The largest absolute Gasteiger partial charge is 0.493 e. The van der Waals surface area contributed by atoms with Crippen molar-refractivity contribution in [1.82, 2.24) is 15.1 Å². The Bertz CT molecular complexity index is 1200. The van der Waals surface area contributed by atoms with Crippen LogP contribution in [-0.4, -0.2) is 73.3 Å². The van der Waals surface area contributed by atoms with Gasteiger partial charge in [-0.3, -0.25) is 24.1 Å². The van der Waals surface area contributed by atoms with Gasteiger partial charge in [-0.2, -0.15) is 0 Å². The predicted molar refractivity (Wildman–Crippen MR) is 133 cm³/mol. The van der Waals surface area contributed by atoms with E-state index in [0.29, 0.717) is 47.8 Å². The summed E-state index contributed by atoms with van der Waals surface area (Å²) in [7, 11) is 3.06. The van der Waals surface area contributed by atoms with Gasteiger partial charge in [0.2, 0.25) is 0 Å². The van der Waals surface area contributed by atoms with E-state index in [0.717, 1.165) is 12.8 Å². The molecular weight excluding hydrogens is 462 g/mol. The van der Waals surface area contributed by atoms with Gasteiger partial charge in [0.05, 0.1) is 25.3 Å². The third-order valence-corrected chi connectivity index (χ3v) is 6.78. The minimum atomic E-state index is -0.358. The first-order valence-electron chi connectivity index (χ1n) is 12.1. The molecule has 1 saturated heterocycles. The van der Waals surface area contributed by atoms with Gasteiger partial charge in [0.25, 0.3) is 23.6 Å². The van der Waals surface area contributed by atoms with E-state index in [4.69, 9.17) is 9.47 Å². The molecule has 2 aromatic rings. The predicted octanol–water partition coefficient (Wildman–Crippen LogP) is 2.99. The fourth-order valence-corrected chi connectivity index (χ4v) is 4.70. The lowest BCUT2D eigenvalue weighted by Gasteiger charge is -2.32. The van der Waals surface area contributed by atoms with Crippen LogP contribution in [0.25, 0.3) is 0 Å². The summed E-state index contributed by atoms with van der Waals surface area (Å²) >= 11 is 0. The molecule has 0 spiro atoms. The second-order valence-corrected chi connectivity index (χ2v) is 9.35. The molecule has 0 unspecified atom stereocenters. The molecule has 2 aromatic carbocycles. The van der Waals surface area contributed by atoms with Crippen LogP contribution in [0.4, 0.5) is 0 Å². The Kier molecular flexibility index (Phi) is 7.28. The number of nitrogens with zero attached hydrogens (tertiary/aromatic N) is 2. The van der Waals surface area contributed by atoms with E-state index in [1.165, 1.54) is 18.1 Å². The zero-order valence-corrected chi connectivity index (χ0v) is 21.0. The van der Waals surface area contributed by atoms with Crippen LogP contribution in [0.2, 0.25) is 0 Å². The van der Waals surface area contributed by atoms with Gasteiger partial charge in [-0.25, -0.2) is 0 Å². The molecule has 1 fully saturated rings. The van der Waals surface area contributed by atoms with E-state index in [2.05, 4.69) is 5.32 Å². The van der Waals surface area contributed by atoms with Crippen molar-refractivity contribution in [3.8, 4) is 11.5 Å². The quantitative estimate of drug-likeness (QED) is 0.595. The summed E-state index contributed by atoms with van der Waals surface area (Å²) in [4.78, 5) is 53.8. The Morgan fingerprint density at radius 1 is 0.917 bits per heavy atom. The number of fused-ring (bicyclic) bond motifs is 1. The van der Waals surface area contributed by atoms with E-state index in [1.807, 2.05) is 0 Å². The van der Waals surface area contributed by atoms with E-state index in [-0.39, 0.29) is 41.2 Å². The first-order chi connectivity index (χ1) is 17.2. The number of hydrogen-bond donors (Lipinski definition) is 1. The normalized spacial score (nSPS) is 15.8. The summed E-state index contributed by atoms with van der Waals surface area (Å²) in [6.45, 7) is 5.19. The van der Waals surface area contributed by atoms with Gasteiger partial charge in [0.1, 0.15) is 0 Å². The van der Waals surface area contributed by atoms with Crippen LogP contribution in [0.1, 0.15) is 68.1 Å². The Labute approximate surface area is 210 Å². The Hall–Kier alpha value is -3.88. The summed E-state index contributed by atoms with van der Waals surface area (Å²) in [5, 5.41) is 2.97. The third-order valence-electron chi connectivity index (χ3n) is 6.78. The number of piperidine rings is 1. The summed E-state index contributed by atoms with van der Waals surface area (Å²) in [5.41, 5.74) is 1.52. The van der Waals surface area contributed by atoms with Crippen molar-refractivity contribution in [1.29, 1.82) is 0 Å². The van der Waals surface area contributed by atoms with Crippen LogP contribution < -0.4 is 14.8 Å². The van der Waals surface area contributed by atoms with Gasteiger partial charge in [-0.05, 0) is 69.0 Å². The minimum absolute atomic E-state index is 0.158. The van der Waals surface area contributed by atoms with Gasteiger partial charge in [-0.1, -0.05) is 0 Å². The van der Waals surface area contributed by atoms with Crippen molar-refractivity contribution in [2.24, 2.45) is 5.92 Å². The van der Waals surface area contributed by atoms with E-state index in [1.54, 1.807) is 56.2 Å². The molecule has 0 saturated carbocycles. The van der Waals surface area contributed by atoms with Crippen molar-refractivity contribution in [2.75, 3.05) is 33.9 Å². The number of benzene rings is 2. The van der Waals surface area contributed by atoms with Crippen LogP contribution in [0.5, 0.6) is 11.5 Å². The Morgan fingerprint density at radius 3 is 2.19 bits per heavy atom. The van der Waals surface area contributed by atoms with Gasteiger partial charge >= 0.3 is 0 Å². The summed E-state index contributed by atoms with van der Waals surface area (Å²) in [5.74, 6) is 0.269. The molecule has 36 heavy (non-hydrogen) atoms. The molecule has 9 heteroatoms. The van der Waals surface area contributed by atoms with Crippen molar-refractivity contribution in [2.45, 2.75) is 32.7 Å². The zero-order chi connectivity index (χ0) is 26.0. The lowest BCUT2D eigenvalue weighted by molar-refractivity contribution is 0.0608. The average Bonchev–Trinajstić information content (AvgIpc) is 3.15. The number of nitrogens with one attached hydrogen (secondary N) is 1. The molecule has 4 amide bonds. The molecule has 9 nitrogen and oxygen atoms in total. The van der Waals surface area contributed by atoms with Gasteiger partial charge in [0.15, 0.2) is 11.5 Å². The minimum Gasteiger partial charge on any atom is -0.493 e. The lowest BCUT2D eigenvalue weighted by Crippen LogP contribution is -2.41. The monoisotopic (exact) mass is 493 g/mol. The van der Waals surface area contributed by atoms with Gasteiger partial charge in [0, 0.05) is 36.8 Å². The summed E-state index contributed by atoms with van der Waals surface area (Å²) in [6.07, 6.45) is 1.50. The first-order valence-corrected chi connectivity index (χ1v) is 12.1. The fourth-order valence-electron chi connectivity index (χ4n) is 4.70. The van der Waals surface area contributed by atoms with Gasteiger partial charge < -0.3 is 19.7 Å². The lowest BCUT2D eigenvalue weighted by atomic mass is 9.95. The Balaban J connectivity index is 1.32. The maximum atomic E-state index is 13.1. The van der Waals surface area contributed by atoms with Crippen LogP contribution in [0, 0.1) is 5.92 Å². The maximum absolute atomic E-state index is 13.1. The zero-order valence-electron chi connectivity index (χ0n) is 21.0. The molecule has 0 aliphatic carbocycles.